The van der Waals surface area contributed by atoms with Crippen molar-refractivity contribution >= 4 is 31.9 Å². The van der Waals surface area contributed by atoms with Gasteiger partial charge in [-0.15, -0.1) is 0 Å². The average molecular weight is 430 g/mol. The van der Waals surface area contributed by atoms with Crippen molar-refractivity contribution in [3.63, 3.8) is 0 Å². The highest BCUT2D eigenvalue weighted by Gasteiger charge is 2.02. The van der Waals surface area contributed by atoms with E-state index in [1.54, 1.807) is 12.1 Å². The summed E-state index contributed by atoms with van der Waals surface area (Å²) in [7, 11) is 0. The second-order valence-corrected chi connectivity index (χ2v) is 6.73. The summed E-state index contributed by atoms with van der Waals surface area (Å²) in [5.74, 6) is 0.588. The number of rotatable bonds is 7. The molecule has 0 aliphatic heterocycles. The van der Waals surface area contributed by atoms with E-state index in [1.165, 1.54) is 0 Å². The second-order valence-electron chi connectivity index (χ2n) is 4.90. The van der Waals surface area contributed by atoms with Crippen LogP contribution in [0.25, 0.3) is 0 Å². The van der Waals surface area contributed by atoms with Gasteiger partial charge >= 0.3 is 0 Å². The number of hydrogen-bond acceptors (Lipinski definition) is 4. The monoisotopic (exact) mass is 428 g/mol. The van der Waals surface area contributed by atoms with Crippen LogP contribution in [0.4, 0.5) is 0 Å². The van der Waals surface area contributed by atoms with Gasteiger partial charge in [0.15, 0.2) is 0 Å². The standard InChI is InChI=1S/C16H18Br2N2O2/c17-13-1-3-15(21)11(7-13)9-19-5-6-20-10-12-8-14(18)2-4-16(12)22/h1-4,7-8,19-22H,5-6,9-10H2. The normalized spacial score (nSPS) is 10.8. The molecule has 22 heavy (non-hydrogen) atoms. The molecule has 0 saturated carbocycles. The van der Waals surface area contributed by atoms with Crippen LogP contribution in [0.15, 0.2) is 45.3 Å². The molecule has 0 unspecified atom stereocenters. The van der Waals surface area contributed by atoms with Gasteiger partial charge in [0.25, 0.3) is 0 Å². The molecule has 0 amide bonds. The number of halogens is 2. The van der Waals surface area contributed by atoms with Gasteiger partial charge in [0.1, 0.15) is 11.5 Å². The summed E-state index contributed by atoms with van der Waals surface area (Å²) >= 11 is 6.78. The minimum atomic E-state index is 0.294. The molecule has 0 aliphatic carbocycles. The summed E-state index contributed by atoms with van der Waals surface area (Å²) in [4.78, 5) is 0. The molecule has 0 spiro atoms. The van der Waals surface area contributed by atoms with Gasteiger partial charge in [-0.2, -0.15) is 0 Å². The Morgan fingerprint density at radius 3 is 1.55 bits per heavy atom. The first kappa shape index (κ1) is 17.3. The third-order valence-electron chi connectivity index (χ3n) is 3.19. The largest absolute Gasteiger partial charge is 0.508 e. The Kier molecular flexibility index (Phi) is 6.70. The molecule has 2 rings (SSSR count). The van der Waals surface area contributed by atoms with E-state index in [2.05, 4.69) is 42.5 Å². The molecule has 4 N–H and O–H groups in total. The number of hydrogen-bond donors (Lipinski definition) is 4. The Bertz CT molecular complexity index is 580. The second kappa shape index (κ2) is 8.53. The van der Waals surface area contributed by atoms with E-state index in [1.807, 2.05) is 24.3 Å². The van der Waals surface area contributed by atoms with Gasteiger partial charge in [0, 0.05) is 46.3 Å². The Morgan fingerprint density at radius 1 is 0.727 bits per heavy atom. The van der Waals surface area contributed by atoms with Gasteiger partial charge in [-0.1, -0.05) is 31.9 Å². The molecule has 2 aromatic rings. The highest BCUT2D eigenvalue weighted by Crippen LogP contribution is 2.22. The Hall–Kier alpha value is -1.08. The molecule has 118 valence electrons. The zero-order valence-corrected chi connectivity index (χ0v) is 15.1. The minimum absolute atomic E-state index is 0.294. The van der Waals surface area contributed by atoms with Crippen LogP contribution >= 0.6 is 31.9 Å². The van der Waals surface area contributed by atoms with Crippen LogP contribution in [0, 0.1) is 0 Å². The van der Waals surface area contributed by atoms with Crippen LogP contribution < -0.4 is 10.6 Å². The smallest absolute Gasteiger partial charge is 0.120 e. The zero-order chi connectivity index (χ0) is 15.9. The van der Waals surface area contributed by atoms with Crippen molar-refractivity contribution in [2.75, 3.05) is 13.1 Å². The fourth-order valence-corrected chi connectivity index (χ4v) is 2.83. The molecule has 0 aromatic heterocycles. The van der Waals surface area contributed by atoms with E-state index in [4.69, 9.17) is 0 Å². The van der Waals surface area contributed by atoms with Crippen molar-refractivity contribution in [2.45, 2.75) is 13.1 Å². The van der Waals surface area contributed by atoms with E-state index >= 15 is 0 Å². The molecular formula is C16H18Br2N2O2. The van der Waals surface area contributed by atoms with Crippen LogP contribution in [0.5, 0.6) is 11.5 Å². The molecule has 0 radical (unpaired) electrons. The first-order chi connectivity index (χ1) is 10.6. The Labute approximate surface area is 146 Å². The van der Waals surface area contributed by atoms with E-state index < -0.39 is 0 Å². The van der Waals surface area contributed by atoms with Crippen molar-refractivity contribution in [3.8, 4) is 11.5 Å². The molecular weight excluding hydrogens is 412 g/mol. The van der Waals surface area contributed by atoms with Crippen LogP contribution in [-0.2, 0) is 13.1 Å². The fraction of sp³-hybridized carbons (Fsp3) is 0.250. The number of phenolic OH excluding ortho intramolecular Hbond substituents is 2. The summed E-state index contributed by atoms with van der Waals surface area (Å²) in [5, 5.41) is 26.0. The van der Waals surface area contributed by atoms with Crippen molar-refractivity contribution in [2.24, 2.45) is 0 Å². The predicted molar refractivity (Wildman–Crippen MR) is 95.0 cm³/mol. The Balaban J connectivity index is 1.69. The van der Waals surface area contributed by atoms with Gasteiger partial charge in [0.2, 0.25) is 0 Å². The van der Waals surface area contributed by atoms with Gasteiger partial charge in [-0.25, -0.2) is 0 Å². The summed E-state index contributed by atoms with van der Waals surface area (Å²) in [6, 6.07) is 10.8. The third kappa shape index (κ3) is 5.28. The maximum Gasteiger partial charge on any atom is 0.120 e. The van der Waals surface area contributed by atoms with Crippen molar-refractivity contribution < 1.29 is 10.2 Å². The van der Waals surface area contributed by atoms with E-state index in [0.717, 1.165) is 33.2 Å². The van der Waals surface area contributed by atoms with Gasteiger partial charge < -0.3 is 20.8 Å². The van der Waals surface area contributed by atoms with Crippen molar-refractivity contribution in [1.82, 2.24) is 10.6 Å². The molecule has 4 nitrogen and oxygen atoms in total. The molecule has 6 heteroatoms. The topological polar surface area (TPSA) is 64.5 Å². The quantitative estimate of drug-likeness (QED) is 0.508. The molecule has 2 aromatic carbocycles. The van der Waals surface area contributed by atoms with E-state index in [0.29, 0.717) is 24.6 Å². The predicted octanol–water partition coefficient (Wildman–Crippen LogP) is 3.50. The number of phenols is 2. The van der Waals surface area contributed by atoms with Gasteiger partial charge in [0.05, 0.1) is 0 Å². The lowest BCUT2D eigenvalue weighted by molar-refractivity contribution is 0.460. The maximum absolute atomic E-state index is 9.73. The van der Waals surface area contributed by atoms with E-state index in [9.17, 15) is 10.2 Å². The number of aromatic hydroxyl groups is 2. The third-order valence-corrected chi connectivity index (χ3v) is 4.18. The lowest BCUT2D eigenvalue weighted by atomic mass is 10.2. The lowest BCUT2D eigenvalue weighted by Gasteiger charge is -2.09. The molecule has 0 atom stereocenters. The molecule has 0 fully saturated rings. The first-order valence-electron chi connectivity index (χ1n) is 6.92. The molecule has 0 bridgehead atoms. The number of nitrogens with one attached hydrogen (secondary N) is 2. The van der Waals surface area contributed by atoms with E-state index in [-0.39, 0.29) is 0 Å². The van der Waals surface area contributed by atoms with Crippen molar-refractivity contribution in [1.29, 1.82) is 0 Å². The Morgan fingerprint density at radius 2 is 1.14 bits per heavy atom. The minimum Gasteiger partial charge on any atom is -0.508 e. The zero-order valence-electron chi connectivity index (χ0n) is 11.9. The fourth-order valence-electron chi connectivity index (χ4n) is 2.01. The van der Waals surface area contributed by atoms with Crippen LogP contribution in [-0.4, -0.2) is 23.3 Å². The van der Waals surface area contributed by atoms with Crippen LogP contribution in [0.3, 0.4) is 0 Å². The van der Waals surface area contributed by atoms with Gasteiger partial charge in [-0.05, 0) is 36.4 Å². The first-order valence-corrected chi connectivity index (χ1v) is 8.51. The highest BCUT2D eigenvalue weighted by atomic mass is 79.9. The summed E-state index contributed by atoms with van der Waals surface area (Å²) < 4.78 is 1.90. The van der Waals surface area contributed by atoms with Crippen molar-refractivity contribution in [3.05, 3.63) is 56.5 Å². The lowest BCUT2D eigenvalue weighted by Crippen LogP contribution is -2.26. The molecule has 0 saturated heterocycles. The number of benzene rings is 2. The summed E-state index contributed by atoms with van der Waals surface area (Å²) in [6.45, 7) is 2.74. The average Bonchev–Trinajstić information content (AvgIpc) is 2.49. The SMILES string of the molecule is Oc1ccc(Br)cc1CNCCNCc1cc(Br)ccc1O. The van der Waals surface area contributed by atoms with Gasteiger partial charge in [-0.3, -0.25) is 0 Å². The van der Waals surface area contributed by atoms with Crippen LogP contribution in [0.2, 0.25) is 0 Å². The summed E-state index contributed by atoms with van der Waals surface area (Å²) in [5.41, 5.74) is 1.72. The molecule has 0 heterocycles. The molecule has 0 aliphatic rings. The van der Waals surface area contributed by atoms with Crippen LogP contribution in [0.1, 0.15) is 11.1 Å². The maximum atomic E-state index is 9.73. The highest BCUT2D eigenvalue weighted by molar-refractivity contribution is 9.10. The summed E-state index contributed by atoms with van der Waals surface area (Å²) in [6.07, 6.45) is 0.